The summed E-state index contributed by atoms with van der Waals surface area (Å²) in [4.78, 5) is 2.33. The predicted octanol–water partition coefficient (Wildman–Crippen LogP) is -0.300. The molecule has 13 heavy (non-hydrogen) atoms. The van der Waals surface area contributed by atoms with Crippen molar-refractivity contribution in [3.05, 3.63) is 0 Å². The van der Waals surface area contributed by atoms with Crippen molar-refractivity contribution in [2.24, 2.45) is 5.73 Å². The van der Waals surface area contributed by atoms with Gasteiger partial charge < -0.3 is 10.5 Å². The van der Waals surface area contributed by atoms with E-state index in [9.17, 15) is 0 Å². The molecule has 2 rings (SSSR count). The fraction of sp³-hybridized carbons (Fsp3) is 0.889. The topological polar surface area (TPSA) is 62.3 Å². The molecule has 1 aliphatic carbocycles. The van der Waals surface area contributed by atoms with Crippen molar-refractivity contribution >= 4 is 0 Å². The Hall–Kier alpha value is -0.630. The van der Waals surface area contributed by atoms with Gasteiger partial charge >= 0.3 is 0 Å². The van der Waals surface area contributed by atoms with Gasteiger partial charge in [0.1, 0.15) is 0 Å². The quantitative estimate of drug-likeness (QED) is 0.603. The highest BCUT2D eigenvalue weighted by atomic mass is 16.5. The molecule has 72 valence electrons. The van der Waals surface area contributed by atoms with Crippen molar-refractivity contribution in [1.82, 2.24) is 4.90 Å². The van der Waals surface area contributed by atoms with E-state index in [2.05, 4.69) is 11.0 Å². The van der Waals surface area contributed by atoms with E-state index < -0.39 is 0 Å². The molecule has 0 spiro atoms. The predicted molar refractivity (Wildman–Crippen MR) is 47.9 cm³/mol. The zero-order valence-corrected chi connectivity index (χ0v) is 7.65. The highest BCUT2D eigenvalue weighted by molar-refractivity contribution is 4.95. The first kappa shape index (κ1) is 8.95. The van der Waals surface area contributed by atoms with E-state index in [1.807, 2.05) is 0 Å². The number of nitriles is 1. The SMILES string of the molecule is N#CC1CN(C2CC(N)C2)CCO1. The van der Waals surface area contributed by atoms with E-state index in [1.165, 1.54) is 0 Å². The molecule has 1 unspecified atom stereocenters. The summed E-state index contributed by atoms with van der Waals surface area (Å²) in [5.74, 6) is 0. The maximum absolute atomic E-state index is 8.71. The van der Waals surface area contributed by atoms with Crippen LogP contribution in [0.2, 0.25) is 0 Å². The minimum Gasteiger partial charge on any atom is -0.361 e. The maximum atomic E-state index is 8.71. The number of hydrogen-bond acceptors (Lipinski definition) is 4. The summed E-state index contributed by atoms with van der Waals surface area (Å²) in [6.07, 6.45) is 1.93. The van der Waals surface area contributed by atoms with E-state index >= 15 is 0 Å². The monoisotopic (exact) mass is 181 g/mol. The molecule has 2 fully saturated rings. The van der Waals surface area contributed by atoms with Crippen LogP contribution in [0.1, 0.15) is 12.8 Å². The Morgan fingerprint density at radius 1 is 1.46 bits per heavy atom. The van der Waals surface area contributed by atoms with Gasteiger partial charge in [-0.1, -0.05) is 0 Å². The zero-order valence-electron chi connectivity index (χ0n) is 7.65. The summed E-state index contributed by atoms with van der Waals surface area (Å²) >= 11 is 0. The summed E-state index contributed by atoms with van der Waals surface area (Å²) < 4.78 is 5.27. The number of nitrogens with two attached hydrogens (primary N) is 1. The number of ether oxygens (including phenoxy) is 1. The van der Waals surface area contributed by atoms with E-state index in [0.29, 0.717) is 18.7 Å². The lowest BCUT2D eigenvalue weighted by atomic mass is 9.86. The molecule has 4 nitrogen and oxygen atoms in total. The van der Waals surface area contributed by atoms with Crippen LogP contribution >= 0.6 is 0 Å². The first-order valence-electron chi connectivity index (χ1n) is 4.80. The fourth-order valence-electron chi connectivity index (χ4n) is 2.01. The van der Waals surface area contributed by atoms with Gasteiger partial charge in [-0.2, -0.15) is 5.26 Å². The minimum atomic E-state index is -0.231. The van der Waals surface area contributed by atoms with Gasteiger partial charge in [0.25, 0.3) is 0 Å². The van der Waals surface area contributed by atoms with Crippen LogP contribution in [0.3, 0.4) is 0 Å². The van der Waals surface area contributed by atoms with Crippen LogP contribution < -0.4 is 5.73 Å². The average Bonchev–Trinajstić information content (AvgIpc) is 2.13. The van der Waals surface area contributed by atoms with Gasteiger partial charge in [0.2, 0.25) is 0 Å². The van der Waals surface area contributed by atoms with E-state index in [4.69, 9.17) is 15.7 Å². The van der Waals surface area contributed by atoms with Crippen LogP contribution in [0.15, 0.2) is 0 Å². The summed E-state index contributed by atoms with van der Waals surface area (Å²) in [5, 5.41) is 8.71. The largest absolute Gasteiger partial charge is 0.361 e. The summed E-state index contributed by atoms with van der Waals surface area (Å²) in [7, 11) is 0. The Morgan fingerprint density at radius 3 is 2.85 bits per heavy atom. The Balaban J connectivity index is 1.83. The number of rotatable bonds is 1. The molecule has 0 bridgehead atoms. The van der Waals surface area contributed by atoms with Crippen molar-refractivity contribution in [2.45, 2.75) is 31.0 Å². The molecule has 1 heterocycles. The average molecular weight is 181 g/mol. The van der Waals surface area contributed by atoms with Crippen molar-refractivity contribution in [2.75, 3.05) is 19.7 Å². The fourth-order valence-corrected chi connectivity index (χ4v) is 2.01. The molecule has 2 N–H and O–H groups in total. The van der Waals surface area contributed by atoms with E-state index in [0.717, 1.165) is 25.9 Å². The normalized spacial score (nSPS) is 40.8. The summed E-state index contributed by atoms with van der Waals surface area (Å²) in [6.45, 7) is 2.40. The van der Waals surface area contributed by atoms with Crippen LogP contribution in [0.4, 0.5) is 0 Å². The Labute approximate surface area is 78.3 Å². The standard InChI is InChI=1S/C9H15N3O/c10-5-9-6-12(1-2-13-9)8-3-7(11)4-8/h7-9H,1-4,6,11H2. The van der Waals surface area contributed by atoms with Gasteiger partial charge in [0.05, 0.1) is 12.7 Å². The van der Waals surface area contributed by atoms with Crippen LogP contribution in [0.5, 0.6) is 0 Å². The molecule has 4 heteroatoms. The third-order valence-electron chi connectivity index (χ3n) is 2.91. The molecule has 1 aliphatic heterocycles. The highest BCUT2D eigenvalue weighted by Crippen LogP contribution is 2.25. The molecular formula is C9H15N3O. The van der Waals surface area contributed by atoms with E-state index in [-0.39, 0.29) is 6.10 Å². The highest BCUT2D eigenvalue weighted by Gasteiger charge is 2.34. The lowest BCUT2D eigenvalue weighted by molar-refractivity contribution is -0.0346. The lowest BCUT2D eigenvalue weighted by Crippen LogP contribution is -2.55. The van der Waals surface area contributed by atoms with Crippen molar-refractivity contribution < 1.29 is 4.74 Å². The number of nitrogens with zero attached hydrogens (tertiary/aromatic N) is 2. The van der Waals surface area contributed by atoms with Crippen LogP contribution in [-0.2, 0) is 4.74 Å². The first-order chi connectivity index (χ1) is 6.29. The third kappa shape index (κ3) is 1.83. The molecule has 2 aliphatic rings. The summed E-state index contributed by atoms with van der Waals surface area (Å²) in [6, 6.07) is 3.14. The van der Waals surface area contributed by atoms with Crippen molar-refractivity contribution in [3.8, 4) is 6.07 Å². The van der Waals surface area contributed by atoms with Gasteiger partial charge in [-0.05, 0) is 12.8 Å². The molecule has 1 atom stereocenters. The van der Waals surface area contributed by atoms with Gasteiger partial charge in [-0.25, -0.2) is 0 Å². The minimum absolute atomic E-state index is 0.231. The molecule has 0 radical (unpaired) electrons. The van der Waals surface area contributed by atoms with Crippen LogP contribution in [0, 0.1) is 11.3 Å². The zero-order chi connectivity index (χ0) is 9.26. The second kappa shape index (κ2) is 3.62. The van der Waals surface area contributed by atoms with Gasteiger partial charge in [-0.15, -0.1) is 0 Å². The number of morpholine rings is 1. The van der Waals surface area contributed by atoms with Gasteiger partial charge in [0.15, 0.2) is 6.10 Å². The molecule has 0 amide bonds. The Morgan fingerprint density at radius 2 is 2.23 bits per heavy atom. The molecular weight excluding hydrogens is 166 g/mol. The Kier molecular flexibility index (Phi) is 2.49. The molecule has 0 aromatic carbocycles. The summed E-state index contributed by atoms with van der Waals surface area (Å²) in [5.41, 5.74) is 5.72. The maximum Gasteiger partial charge on any atom is 0.156 e. The van der Waals surface area contributed by atoms with E-state index in [1.54, 1.807) is 0 Å². The lowest BCUT2D eigenvalue weighted by Gasteiger charge is -2.43. The van der Waals surface area contributed by atoms with Crippen molar-refractivity contribution in [3.63, 3.8) is 0 Å². The second-order valence-corrected chi connectivity index (χ2v) is 3.87. The van der Waals surface area contributed by atoms with Crippen molar-refractivity contribution in [1.29, 1.82) is 5.26 Å². The van der Waals surface area contributed by atoms with Gasteiger partial charge in [-0.3, -0.25) is 4.90 Å². The molecule has 1 saturated heterocycles. The van der Waals surface area contributed by atoms with Crippen LogP contribution in [-0.4, -0.2) is 42.8 Å². The molecule has 1 saturated carbocycles. The third-order valence-corrected chi connectivity index (χ3v) is 2.91. The molecule has 0 aromatic heterocycles. The smallest absolute Gasteiger partial charge is 0.156 e. The van der Waals surface area contributed by atoms with Crippen LogP contribution in [0.25, 0.3) is 0 Å². The second-order valence-electron chi connectivity index (χ2n) is 3.87. The molecule has 0 aromatic rings. The first-order valence-corrected chi connectivity index (χ1v) is 4.80. The number of hydrogen-bond donors (Lipinski definition) is 1. The Bertz CT molecular complexity index is 219. The van der Waals surface area contributed by atoms with Gasteiger partial charge in [0, 0.05) is 25.2 Å².